The molecule has 2 N–H and O–H groups in total. The van der Waals surface area contributed by atoms with Crippen molar-refractivity contribution in [1.29, 1.82) is 5.26 Å². The van der Waals surface area contributed by atoms with Gasteiger partial charge < -0.3 is 10.2 Å². The summed E-state index contributed by atoms with van der Waals surface area (Å²) in [5.74, 6) is 1.07. The molecule has 0 saturated carbocycles. The van der Waals surface area contributed by atoms with Crippen LogP contribution in [-0.4, -0.2) is 9.97 Å². The van der Waals surface area contributed by atoms with Crippen LogP contribution in [0, 0.1) is 11.3 Å². The molecule has 0 radical (unpaired) electrons. The fourth-order valence-electron chi connectivity index (χ4n) is 3.07. The fraction of sp³-hybridized carbons (Fsp3) is 0. The molecule has 124 valence electrons. The summed E-state index contributed by atoms with van der Waals surface area (Å²) in [4.78, 5) is 9.08. The minimum Gasteiger partial charge on any atom is -0.452 e. The average molecular weight is 374 g/mol. The Morgan fingerprint density at radius 1 is 1.08 bits per heavy atom. The third-order valence-electron chi connectivity index (χ3n) is 4.29. The molecule has 5 heterocycles. The van der Waals surface area contributed by atoms with E-state index < -0.39 is 0 Å². The van der Waals surface area contributed by atoms with E-state index in [-0.39, 0.29) is 0 Å². The van der Waals surface area contributed by atoms with Crippen LogP contribution in [0.25, 0.3) is 43.5 Å². The molecule has 0 spiro atoms. The molecule has 0 aliphatic heterocycles. The van der Waals surface area contributed by atoms with Crippen LogP contribution in [0.1, 0.15) is 4.88 Å². The van der Waals surface area contributed by atoms with Gasteiger partial charge in [0.2, 0.25) is 0 Å². The van der Waals surface area contributed by atoms with E-state index in [0.717, 1.165) is 37.9 Å². The monoisotopic (exact) mass is 374 g/mol. The number of pyridine rings is 2. The number of nitrogens with zero attached hydrogens (tertiary/aromatic N) is 3. The summed E-state index contributed by atoms with van der Waals surface area (Å²) in [6, 6.07) is 8.11. The highest BCUT2D eigenvalue weighted by Crippen LogP contribution is 2.41. The molecule has 26 heavy (non-hydrogen) atoms. The summed E-state index contributed by atoms with van der Waals surface area (Å²) in [6.45, 7) is 0. The quantitative estimate of drug-likeness (QED) is 0.454. The van der Waals surface area contributed by atoms with Gasteiger partial charge in [-0.1, -0.05) is 0 Å². The van der Waals surface area contributed by atoms with Crippen molar-refractivity contribution < 1.29 is 4.42 Å². The summed E-state index contributed by atoms with van der Waals surface area (Å²) in [6.07, 6.45) is 5.32. The summed E-state index contributed by atoms with van der Waals surface area (Å²) >= 11 is 3.03. The highest BCUT2D eigenvalue weighted by atomic mass is 32.1. The highest BCUT2D eigenvalue weighted by Gasteiger charge is 2.18. The Labute approximate surface area is 156 Å². The fourth-order valence-corrected chi connectivity index (χ4v) is 4.68. The molecule has 0 fully saturated rings. The SMILES string of the molecule is N#Cc1sccc1-c1cnc(N)c2oc(-c3csc4cnccc34)cc12. The summed E-state index contributed by atoms with van der Waals surface area (Å²) < 4.78 is 7.18. The van der Waals surface area contributed by atoms with Crippen molar-refractivity contribution in [1.82, 2.24) is 9.97 Å². The first-order valence-corrected chi connectivity index (χ1v) is 9.50. The number of rotatable bonds is 2. The predicted molar refractivity (Wildman–Crippen MR) is 105 cm³/mol. The second-order valence-corrected chi connectivity index (χ2v) is 7.53. The average Bonchev–Trinajstić information content (AvgIpc) is 3.39. The van der Waals surface area contributed by atoms with Crippen molar-refractivity contribution >= 4 is 49.5 Å². The first kappa shape index (κ1) is 15.1. The van der Waals surface area contributed by atoms with Gasteiger partial charge in [0, 0.05) is 51.4 Å². The van der Waals surface area contributed by atoms with Gasteiger partial charge in [0.25, 0.3) is 0 Å². The largest absolute Gasteiger partial charge is 0.452 e. The zero-order chi connectivity index (χ0) is 17.7. The van der Waals surface area contributed by atoms with E-state index in [9.17, 15) is 5.26 Å². The van der Waals surface area contributed by atoms with Crippen LogP contribution in [0.4, 0.5) is 5.82 Å². The van der Waals surface area contributed by atoms with Crippen LogP contribution >= 0.6 is 22.7 Å². The minimum atomic E-state index is 0.338. The first-order chi connectivity index (χ1) is 12.8. The Hall–Kier alpha value is -3.21. The lowest BCUT2D eigenvalue weighted by molar-refractivity contribution is 0.632. The summed E-state index contributed by atoms with van der Waals surface area (Å²) in [7, 11) is 0. The van der Waals surface area contributed by atoms with Gasteiger partial charge in [0.1, 0.15) is 16.7 Å². The molecule has 0 aliphatic rings. The Kier molecular flexibility index (Phi) is 3.28. The van der Waals surface area contributed by atoms with E-state index in [0.29, 0.717) is 16.3 Å². The van der Waals surface area contributed by atoms with Crippen molar-refractivity contribution in [2.24, 2.45) is 0 Å². The van der Waals surface area contributed by atoms with Crippen molar-refractivity contribution in [3.63, 3.8) is 0 Å². The van der Waals surface area contributed by atoms with Gasteiger partial charge in [-0.2, -0.15) is 5.26 Å². The Bertz CT molecular complexity index is 1320. The number of aromatic nitrogens is 2. The van der Waals surface area contributed by atoms with Gasteiger partial charge in [-0.05, 0) is 23.6 Å². The normalized spacial score (nSPS) is 11.2. The van der Waals surface area contributed by atoms with Gasteiger partial charge in [-0.25, -0.2) is 4.98 Å². The molecule has 5 rings (SSSR count). The van der Waals surface area contributed by atoms with E-state index in [4.69, 9.17) is 10.2 Å². The number of hydrogen-bond acceptors (Lipinski definition) is 7. The zero-order valence-electron chi connectivity index (χ0n) is 13.3. The summed E-state index contributed by atoms with van der Waals surface area (Å²) in [5.41, 5.74) is 9.30. The maximum atomic E-state index is 9.36. The third kappa shape index (κ3) is 2.13. The molecule has 5 aromatic rings. The Morgan fingerprint density at radius 2 is 2.00 bits per heavy atom. The van der Waals surface area contributed by atoms with E-state index in [2.05, 4.69) is 21.4 Å². The number of furan rings is 1. The number of hydrogen-bond donors (Lipinski definition) is 1. The van der Waals surface area contributed by atoms with Gasteiger partial charge in [0.05, 0.1) is 4.70 Å². The number of nitriles is 1. The molecular formula is C19H10N4OS2. The first-order valence-electron chi connectivity index (χ1n) is 7.74. The zero-order valence-corrected chi connectivity index (χ0v) is 14.9. The summed E-state index contributed by atoms with van der Waals surface area (Å²) in [5, 5.41) is 15.3. The van der Waals surface area contributed by atoms with Crippen LogP contribution in [0.15, 0.2) is 52.0 Å². The van der Waals surface area contributed by atoms with E-state index in [1.54, 1.807) is 23.7 Å². The van der Waals surface area contributed by atoms with Crippen molar-refractivity contribution in [3.05, 3.63) is 52.4 Å². The molecule has 5 aromatic heterocycles. The number of anilines is 1. The van der Waals surface area contributed by atoms with Crippen LogP contribution in [0.5, 0.6) is 0 Å². The van der Waals surface area contributed by atoms with Crippen LogP contribution < -0.4 is 5.73 Å². The van der Waals surface area contributed by atoms with Crippen LogP contribution in [0.2, 0.25) is 0 Å². The number of nitrogens with two attached hydrogens (primary N) is 1. The van der Waals surface area contributed by atoms with Crippen molar-refractivity contribution in [2.75, 3.05) is 5.73 Å². The second-order valence-electron chi connectivity index (χ2n) is 5.71. The number of thiophene rings is 2. The third-order valence-corrected chi connectivity index (χ3v) is 6.04. The molecule has 0 bridgehead atoms. The number of nitrogen functional groups attached to an aromatic ring is 1. The molecule has 0 atom stereocenters. The molecular weight excluding hydrogens is 364 g/mol. The molecule has 0 unspecified atom stereocenters. The Balaban J connectivity index is 1.79. The molecule has 0 aliphatic carbocycles. The maximum Gasteiger partial charge on any atom is 0.177 e. The van der Waals surface area contributed by atoms with Crippen molar-refractivity contribution in [2.45, 2.75) is 0 Å². The van der Waals surface area contributed by atoms with Gasteiger partial charge in [-0.15, -0.1) is 22.7 Å². The van der Waals surface area contributed by atoms with Crippen molar-refractivity contribution in [3.8, 4) is 28.5 Å². The lowest BCUT2D eigenvalue weighted by Crippen LogP contribution is -1.91. The predicted octanol–water partition coefficient (Wildman–Crippen LogP) is 5.29. The van der Waals surface area contributed by atoms with Gasteiger partial charge >= 0.3 is 0 Å². The molecule has 5 nitrogen and oxygen atoms in total. The standard InChI is InChI=1S/C19H10N4OS2/c20-6-16-11(2-4-25-16)13-7-23-19(21)18-12(13)5-15(24-18)14-9-26-17-8-22-3-1-10(14)17/h1-5,7-9H,(H2,21,23). The molecule has 0 aromatic carbocycles. The smallest absolute Gasteiger partial charge is 0.177 e. The van der Waals surface area contributed by atoms with Gasteiger partial charge in [0.15, 0.2) is 11.4 Å². The number of fused-ring (bicyclic) bond motifs is 2. The van der Waals surface area contributed by atoms with Gasteiger partial charge in [-0.3, -0.25) is 4.98 Å². The molecule has 0 saturated heterocycles. The highest BCUT2D eigenvalue weighted by molar-refractivity contribution is 7.17. The maximum absolute atomic E-state index is 9.36. The Morgan fingerprint density at radius 3 is 2.88 bits per heavy atom. The van der Waals surface area contributed by atoms with Crippen LogP contribution in [-0.2, 0) is 0 Å². The molecule has 7 heteroatoms. The van der Waals surface area contributed by atoms with E-state index >= 15 is 0 Å². The lowest BCUT2D eigenvalue weighted by atomic mass is 10.0. The second kappa shape index (κ2) is 5.66. The van der Waals surface area contributed by atoms with E-state index in [1.165, 1.54) is 11.3 Å². The minimum absolute atomic E-state index is 0.338. The van der Waals surface area contributed by atoms with E-state index in [1.807, 2.05) is 29.8 Å². The lowest BCUT2D eigenvalue weighted by Gasteiger charge is -2.02. The topological polar surface area (TPSA) is 88.7 Å². The molecule has 0 amide bonds. The van der Waals surface area contributed by atoms with Crippen LogP contribution in [0.3, 0.4) is 0 Å².